The Balaban J connectivity index is 1.49. The number of hydrogen-bond donors (Lipinski definition) is 3. The van der Waals surface area contributed by atoms with Crippen molar-refractivity contribution < 1.29 is 18.7 Å². The lowest BCUT2D eigenvalue weighted by atomic mass is 9.74. The highest BCUT2D eigenvalue weighted by molar-refractivity contribution is 5.88. The van der Waals surface area contributed by atoms with Gasteiger partial charge in [-0.2, -0.15) is 0 Å². The molecule has 3 rings (SSSR count). The average molecular weight is 413 g/mol. The van der Waals surface area contributed by atoms with Crippen LogP contribution >= 0.6 is 0 Å². The molecule has 0 bridgehead atoms. The van der Waals surface area contributed by atoms with Gasteiger partial charge in [-0.25, -0.2) is 9.18 Å². The zero-order chi connectivity index (χ0) is 21.4. The van der Waals surface area contributed by atoms with E-state index in [4.69, 9.17) is 4.74 Å². The van der Waals surface area contributed by atoms with Crippen LogP contribution in [-0.4, -0.2) is 38.2 Å². The lowest BCUT2D eigenvalue weighted by Crippen LogP contribution is -2.47. The van der Waals surface area contributed by atoms with Crippen molar-refractivity contribution in [2.24, 2.45) is 0 Å². The molecule has 0 unspecified atom stereocenters. The Morgan fingerprint density at radius 1 is 1.07 bits per heavy atom. The van der Waals surface area contributed by atoms with Gasteiger partial charge in [0.1, 0.15) is 5.82 Å². The van der Waals surface area contributed by atoms with Gasteiger partial charge in [0.05, 0.1) is 0 Å². The van der Waals surface area contributed by atoms with Crippen LogP contribution in [0.4, 0.5) is 14.9 Å². The van der Waals surface area contributed by atoms with Gasteiger partial charge in [0.2, 0.25) is 5.91 Å². The predicted octanol–water partition coefficient (Wildman–Crippen LogP) is 3.37. The zero-order valence-electron chi connectivity index (χ0n) is 17.2. The van der Waals surface area contributed by atoms with Crippen molar-refractivity contribution in [2.45, 2.75) is 31.6 Å². The fraction of sp³-hybridized carbons (Fsp3) is 0.391. The van der Waals surface area contributed by atoms with E-state index in [0.717, 1.165) is 29.7 Å². The summed E-state index contributed by atoms with van der Waals surface area (Å²) in [6.45, 7) is 3.57. The topological polar surface area (TPSA) is 79.5 Å². The molecule has 0 aromatic heterocycles. The van der Waals surface area contributed by atoms with Crippen LogP contribution in [-0.2, 0) is 21.4 Å². The molecule has 7 heteroatoms. The van der Waals surface area contributed by atoms with Crippen LogP contribution in [0.1, 0.15) is 30.9 Å². The van der Waals surface area contributed by atoms with Gasteiger partial charge in [0.15, 0.2) is 0 Å². The second-order valence-corrected chi connectivity index (χ2v) is 7.64. The minimum absolute atomic E-state index is 0.110. The van der Waals surface area contributed by atoms with E-state index < -0.39 is 0 Å². The second kappa shape index (κ2) is 10.2. The number of hydrogen-bond acceptors (Lipinski definition) is 3. The number of nitrogens with one attached hydrogen (secondary N) is 3. The third kappa shape index (κ3) is 6.03. The molecule has 1 aliphatic rings. The van der Waals surface area contributed by atoms with Gasteiger partial charge in [0.25, 0.3) is 0 Å². The maximum Gasteiger partial charge on any atom is 0.314 e. The van der Waals surface area contributed by atoms with Crippen molar-refractivity contribution in [3.63, 3.8) is 0 Å². The van der Waals surface area contributed by atoms with E-state index in [1.54, 1.807) is 12.1 Å². The summed E-state index contributed by atoms with van der Waals surface area (Å²) in [5.41, 5.74) is 2.38. The molecular weight excluding hydrogens is 385 g/mol. The summed E-state index contributed by atoms with van der Waals surface area (Å²) in [6.07, 6.45) is 2.14. The fourth-order valence-electron chi connectivity index (χ4n) is 3.74. The first-order valence-electron chi connectivity index (χ1n) is 10.2. The maximum atomic E-state index is 13.8. The number of carbonyl (C=O) groups is 2. The molecule has 2 aromatic carbocycles. The quantitative estimate of drug-likeness (QED) is 0.651. The number of benzene rings is 2. The van der Waals surface area contributed by atoms with Crippen molar-refractivity contribution in [1.29, 1.82) is 0 Å². The van der Waals surface area contributed by atoms with Gasteiger partial charge in [-0.05, 0) is 54.7 Å². The van der Waals surface area contributed by atoms with Crippen LogP contribution in [0.15, 0.2) is 48.5 Å². The van der Waals surface area contributed by atoms with Gasteiger partial charge in [0, 0.05) is 44.3 Å². The van der Waals surface area contributed by atoms with Crippen LogP contribution < -0.4 is 16.0 Å². The van der Waals surface area contributed by atoms with Crippen molar-refractivity contribution in [3.05, 3.63) is 65.5 Å². The third-order valence-corrected chi connectivity index (χ3v) is 5.45. The molecule has 6 nitrogen and oxygen atoms in total. The molecule has 1 fully saturated rings. The van der Waals surface area contributed by atoms with Gasteiger partial charge in [-0.3, -0.25) is 4.79 Å². The number of halogens is 1. The van der Waals surface area contributed by atoms with Gasteiger partial charge >= 0.3 is 6.03 Å². The Hall–Kier alpha value is -2.93. The standard InChI is InChI=1S/C23H28FN3O3/c1-17(28)27-21-7-5-18(6-8-21)9-12-25-22(29)26-16-23(10-13-30-14-11-23)19-3-2-4-20(24)15-19/h2-8,15H,9-14,16H2,1H3,(H,27,28)(H2,25,26,29). The highest BCUT2D eigenvalue weighted by Crippen LogP contribution is 2.34. The number of urea groups is 1. The van der Waals surface area contributed by atoms with Crippen molar-refractivity contribution in [3.8, 4) is 0 Å². The molecule has 1 saturated heterocycles. The largest absolute Gasteiger partial charge is 0.381 e. The smallest absolute Gasteiger partial charge is 0.314 e. The molecule has 1 aliphatic heterocycles. The summed E-state index contributed by atoms with van der Waals surface area (Å²) in [4.78, 5) is 23.4. The van der Waals surface area contributed by atoms with E-state index in [0.29, 0.717) is 32.7 Å². The highest BCUT2D eigenvalue weighted by Gasteiger charge is 2.35. The molecule has 0 atom stereocenters. The Labute approximate surface area is 176 Å². The molecule has 2 aromatic rings. The lowest BCUT2D eigenvalue weighted by Gasteiger charge is -2.38. The Morgan fingerprint density at radius 2 is 1.80 bits per heavy atom. The number of ether oxygens (including phenoxy) is 1. The van der Waals surface area contributed by atoms with Crippen LogP contribution in [0, 0.1) is 5.82 Å². The summed E-state index contributed by atoms with van der Waals surface area (Å²) in [5, 5.41) is 8.55. The minimum atomic E-state index is -0.322. The lowest BCUT2D eigenvalue weighted by molar-refractivity contribution is -0.114. The first-order valence-corrected chi connectivity index (χ1v) is 10.2. The third-order valence-electron chi connectivity index (χ3n) is 5.45. The van der Waals surface area contributed by atoms with E-state index in [1.165, 1.54) is 13.0 Å². The van der Waals surface area contributed by atoms with Crippen molar-refractivity contribution >= 4 is 17.6 Å². The van der Waals surface area contributed by atoms with E-state index in [2.05, 4.69) is 16.0 Å². The van der Waals surface area contributed by atoms with E-state index >= 15 is 0 Å². The van der Waals surface area contributed by atoms with Crippen LogP contribution in [0.25, 0.3) is 0 Å². The first kappa shape index (κ1) is 21.8. The Morgan fingerprint density at radius 3 is 2.47 bits per heavy atom. The highest BCUT2D eigenvalue weighted by atomic mass is 19.1. The van der Waals surface area contributed by atoms with Gasteiger partial charge in [-0.15, -0.1) is 0 Å². The second-order valence-electron chi connectivity index (χ2n) is 7.64. The number of rotatable bonds is 7. The number of amides is 3. The average Bonchev–Trinajstić information content (AvgIpc) is 2.74. The Kier molecular flexibility index (Phi) is 7.41. The molecule has 1 heterocycles. The summed E-state index contributed by atoms with van der Waals surface area (Å²) in [7, 11) is 0. The van der Waals surface area contributed by atoms with Crippen molar-refractivity contribution in [1.82, 2.24) is 10.6 Å². The molecule has 3 N–H and O–H groups in total. The number of anilines is 1. The molecule has 0 saturated carbocycles. The Bertz CT molecular complexity index is 864. The maximum absolute atomic E-state index is 13.8. The predicted molar refractivity (Wildman–Crippen MR) is 114 cm³/mol. The SMILES string of the molecule is CC(=O)Nc1ccc(CCNC(=O)NCC2(c3cccc(F)c3)CCOCC2)cc1. The molecule has 3 amide bonds. The normalized spacial score (nSPS) is 15.3. The zero-order valence-corrected chi connectivity index (χ0v) is 17.2. The van der Waals surface area contributed by atoms with E-state index in [1.807, 2.05) is 30.3 Å². The fourth-order valence-corrected chi connectivity index (χ4v) is 3.74. The first-order chi connectivity index (χ1) is 14.5. The number of carbonyl (C=O) groups excluding carboxylic acids is 2. The monoisotopic (exact) mass is 413 g/mol. The molecule has 0 radical (unpaired) electrons. The molecule has 160 valence electrons. The van der Waals surface area contributed by atoms with E-state index in [-0.39, 0.29) is 23.2 Å². The summed E-state index contributed by atoms with van der Waals surface area (Å²) in [5.74, 6) is -0.381. The van der Waals surface area contributed by atoms with Crippen LogP contribution in [0.2, 0.25) is 0 Å². The molecule has 0 aliphatic carbocycles. The summed E-state index contributed by atoms with van der Waals surface area (Å²) in [6, 6.07) is 13.9. The van der Waals surface area contributed by atoms with Crippen LogP contribution in [0.3, 0.4) is 0 Å². The van der Waals surface area contributed by atoms with Crippen molar-refractivity contribution in [2.75, 3.05) is 31.6 Å². The van der Waals surface area contributed by atoms with E-state index in [9.17, 15) is 14.0 Å². The minimum Gasteiger partial charge on any atom is -0.381 e. The molecule has 30 heavy (non-hydrogen) atoms. The van der Waals surface area contributed by atoms with Crippen LogP contribution in [0.5, 0.6) is 0 Å². The molecular formula is C23H28FN3O3. The molecule has 0 spiro atoms. The summed E-state index contributed by atoms with van der Waals surface area (Å²) < 4.78 is 19.2. The van der Waals surface area contributed by atoms with Gasteiger partial charge in [-0.1, -0.05) is 24.3 Å². The summed E-state index contributed by atoms with van der Waals surface area (Å²) >= 11 is 0. The van der Waals surface area contributed by atoms with Gasteiger partial charge < -0.3 is 20.7 Å².